The Balaban J connectivity index is 1.73. The van der Waals surface area contributed by atoms with Crippen molar-refractivity contribution in [2.24, 2.45) is 0 Å². The Bertz CT molecular complexity index is 779. The molecule has 1 aliphatic heterocycles. The van der Waals surface area contributed by atoms with Crippen LogP contribution in [0.25, 0.3) is 6.08 Å². The highest BCUT2D eigenvalue weighted by molar-refractivity contribution is 6.07. The van der Waals surface area contributed by atoms with E-state index in [4.69, 9.17) is 4.74 Å². The lowest BCUT2D eigenvalue weighted by molar-refractivity contribution is -0.113. The van der Waals surface area contributed by atoms with Crippen LogP contribution in [-0.4, -0.2) is 25.5 Å². The Morgan fingerprint density at radius 2 is 1.74 bits per heavy atom. The lowest BCUT2D eigenvalue weighted by Crippen LogP contribution is -2.21. The molecule has 0 saturated carbocycles. The van der Waals surface area contributed by atoms with Gasteiger partial charge < -0.3 is 15.4 Å². The van der Waals surface area contributed by atoms with E-state index < -0.39 is 0 Å². The molecule has 0 bridgehead atoms. The Labute approximate surface area is 134 Å². The molecule has 23 heavy (non-hydrogen) atoms. The molecule has 0 aliphatic carbocycles. The molecule has 2 amide bonds. The number of hydrogen-bond donors (Lipinski definition) is 2. The Morgan fingerprint density at radius 1 is 1.00 bits per heavy atom. The van der Waals surface area contributed by atoms with Crippen LogP contribution < -0.4 is 15.4 Å². The largest absolute Gasteiger partial charge is 0.488 e. The van der Waals surface area contributed by atoms with E-state index in [1.54, 1.807) is 31.3 Å². The molecule has 1 aliphatic rings. The molecule has 0 saturated heterocycles. The van der Waals surface area contributed by atoms with Crippen molar-refractivity contribution in [2.75, 3.05) is 19.0 Å². The summed E-state index contributed by atoms with van der Waals surface area (Å²) in [5.41, 5.74) is 2.61. The van der Waals surface area contributed by atoms with E-state index in [0.29, 0.717) is 16.8 Å². The van der Waals surface area contributed by atoms with Crippen molar-refractivity contribution in [3.05, 3.63) is 65.2 Å². The highest BCUT2D eigenvalue weighted by Crippen LogP contribution is 2.26. The molecule has 0 fully saturated rings. The van der Waals surface area contributed by atoms with E-state index >= 15 is 0 Å². The first-order valence-electron chi connectivity index (χ1n) is 7.23. The van der Waals surface area contributed by atoms with Crippen LogP contribution in [0.15, 0.2) is 54.1 Å². The molecular weight excluding hydrogens is 292 g/mol. The maximum absolute atomic E-state index is 12.3. The molecule has 0 radical (unpaired) electrons. The quantitative estimate of drug-likeness (QED) is 0.915. The Kier molecular flexibility index (Phi) is 4.10. The predicted molar refractivity (Wildman–Crippen MR) is 88.4 cm³/mol. The summed E-state index contributed by atoms with van der Waals surface area (Å²) in [5, 5.41) is 5.36. The van der Waals surface area contributed by atoms with Gasteiger partial charge in [0, 0.05) is 23.9 Å². The Morgan fingerprint density at radius 3 is 2.48 bits per heavy atom. The van der Waals surface area contributed by atoms with Gasteiger partial charge in [0.05, 0.1) is 5.57 Å². The molecule has 116 valence electrons. The Hall–Kier alpha value is -3.08. The number of rotatable bonds is 3. The fourth-order valence-corrected chi connectivity index (χ4v) is 2.31. The molecular formula is C18H16N2O3. The topological polar surface area (TPSA) is 67.4 Å². The van der Waals surface area contributed by atoms with Crippen LogP contribution in [0.4, 0.5) is 5.69 Å². The summed E-state index contributed by atoms with van der Waals surface area (Å²) in [5.74, 6) is 0.397. The number of carbonyl (C=O) groups excluding carboxylic acids is 2. The van der Waals surface area contributed by atoms with Crippen LogP contribution in [0.3, 0.4) is 0 Å². The number of fused-ring (bicyclic) bond motifs is 1. The zero-order valence-electron chi connectivity index (χ0n) is 12.6. The first-order valence-corrected chi connectivity index (χ1v) is 7.23. The monoisotopic (exact) mass is 308 g/mol. The normalized spacial score (nSPS) is 12.5. The van der Waals surface area contributed by atoms with Gasteiger partial charge >= 0.3 is 0 Å². The minimum Gasteiger partial charge on any atom is -0.488 e. The molecule has 5 nitrogen and oxygen atoms in total. The van der Waals surface area contributed by atoms with Crippen molar-refractivity contribution in [1.29, 1.82) is 0 Å². The number of para-hydroxylation sites is 1. The van der Waals surface area contributed by atoms with E-state index in [1.165, 1.54) is 0 Å². The van der Waals surface area contributed by atoms with Crippen LogP contribution in [0.1, 0.15) is 15.9 Å². The summed E-state index contributed by atoms with van der Waals surface area (Å²) in [4.78, 5) is 23.8. The fraction of sp³-hybridized carbons (Fsp3) is 0.111. The van der Waals surface area contributed by atoms with Gasteiger partial charge in [-0.1, -0.05) is 18.2 Å². The first kappa shape index (κ1) is 14.8. The summed E-state index contributed by atoms with van der Waals surface area (Å²) in [7, 11) is 1.57. The molecule has 0 unspecified atom stereocenters. The van der Waals surface area contributed by atoms with Gasteiger partial charge in [-0.05, 0) is 36.4 Å². The molecule has 2 aromatic rings. The summed E-state index contributed by atoms with van der Waals surface area (Å²) in [6, 6.07) is 14.3. The highest BCUT2D eigenvalue weighted by Gasteiger charge is 2.17. The van der Waals surface area contributed by atoms with Gasteiger partial charge in [0.25, 0.3) is 11.8 Å². The molecule has 3 rings (SSSR count). The number of ether oxygens (including phenoxy) is 1. The number of carbonyl (C=O) groups is 2. The third-order valence-electron chi connectivity index (χ3n) is 3.56. The lowest BCUT2D eigenvalue weighted by Gasteiger charge is -2.17. The average molecular weight is 308 g/mol. The molecule has 0 aromatic heterocycles. The molecule has 2 N–H and O–H groups in total. The number of amides is 2. The zero-order chi connectivity index (χ0) is 16.2. The molecule has 0 atom stereocenters. The van der Waals surface area contributed by atoms with Crippen LogP contribution >= 0.6 is 0 Å². The van der Waals surface area contributed by atoms with Gasteiger partial charge in [-0.3, -0.25) is 9.59 Å². The standard InChI is InChI=1S/C18H16N2O3/c1-19-17(21)12-6-8-15(9-7-12)20-18(22)14-10-13-4-2-3-5-16(13)23-11-14/h2-10H,11H2,1H3,(H,19,21)(H,20,22). The maximum Gasteiger partial charge on any atom is 0.255 e. The average Bonchev–Trinajstić information content (AvgIpc) is 2.61. The summed E-state index contributed by atoms with van der Waals surface area (Å²) < 4.78 is 5.58. The summed E-state index contributed by atoms with van der Waals surface area (Å²) in [6.07, 6.45) is 1.83. The first-order chi connectivity index (χ1) is 11.2. The van der Waals surface area contributed by atoms with Crippen molar-refractivity contribution >= 4 is 23.6 Å². The predicted octanol–water partition coefficient (Wildman–Crippen LogP) is 2.46. The fourth-order valence-electron chi connectivity index (χ4n) is 2.31. The second kappa shape index (κ2) is 6.36. The summed E-state index contributed by atoms with van der Waals surface area (Å²) >= 11 is 0. The van der Waals surface area contributed by atoms with Crippen molar-refractivity contribution in [1.82, 2.24) is 5.32 Å². The van der Waals surface area contributed by atoms with E-state index in [-0.39, 0.29) is 18.4 Å². The molecule has 0 spiro atoms. The molecule has 1 heterocycles. The summed E-state index contributed by atoms with van der Waals surface area (Å²) in [6.45, 7) is 0.235. The van der Waals surface area contributed by atoms with Crippen molar-refractivity contribution in [2.45, 2.75) is 0 Å². The van der Waals surface area contributed by atoms with Crippen molar-refractivity contribution in [3.8, 4) is 5.75 Å². The maximum atomic E-state index is 12.3. The van der Waals surface area contributed by atoms with Gasteiger partial charge in [0.2, 0.25) is 0 Å². The number of hydrogen-bond acceptors (Lipinski definition) is 3. The zero-order valence-corrected chi connectivity index (χ0v) is 12.6. The van der Waals surface area contributed by atoms with Gasteiger partial charge in [0.15, 0.2) is 0 Å². The molecule has 5 heteroatoms. The van der Waals surface area contributed by atoms with E-state index in [1.807, 2.05) is 30.3 Å². The minimum absolute atomic E-state index is 0.164. The highest BCUT2D eigenvalue weighted by atomic mass is 16.5. The molecule has 2 aromatic carbocycles. The second-order valence-corrected chi connectivity index (χ2v) is 5.11. The van der Waals surface area contributed by atoms with Gasteiger partial charge in [-0.2, -0.15) is 0 Å². The van der Waals surface area contributed by atoms with Crippen LogP contribution in [0.5, 0.6) is 5.75 Å². The SMILES string of the molecule is CNC(=O)c1ccc(NC(=O)C2=Cc3ccccc3OC2)cc1. The third-order valence-corrected chi connectivity index (χ3v) is 3.56. The number of nitrogens with one attached hydrogen (secondary N) is 2. The minimum atomic E-state index is -0.216. The van der Waals surface area contributed by atoms with Gasteiger partial charge in [-0.15, -0.1) is 0 Å². The smallest absolute Gasteiger partial charge is 0.255 e. The number of anilines is 1. The lowest BCUT2D eigenvalue weighted by atomic mass is 10.1. The van der Waals surface area contributed by atoms with Gasteiger partial charge in [0.1, 0.15) is 12.4 Å². The van der Waals surface area contributed by atoms with Crippen LogP contribution in [0, 0.1) is 0 Å². The second-order valence-electron chi connectivity index (χ2n) is 5.11. The third kappa shape index (κ3) is 3.23. The van der Waals surface area contributed by atoms with Crippen molar-refractivity contribution in [3.63, 3.8) is 0 Å². The van der Waals surface area contributed by atoms with Gasteiger partial charge in [-0.25, -0.2) is 0 Å². The van der Waals surface area contributed by atoms with Crippen LogP contribution in [-0.2, 0) is 4.79 Å². The van der Waals surface area contributed by atoms with E-state index in [2.05, 4.69) is 10.6 Å². The van der Waals surface area contributed by atoms with Crippen molar-refractivity contribution < 1.29 is 14.3 Å². The van der Waals surface area contributed by atoms with E-state index in [9.17, 15) is 9.59 Å². The van der Waals surface area contributed by atoms with Crippen LogP contribution in [0.2, 0.25) is 0 Å². The number of benzene rings is 2. The van der Waals surface area contributed by atoms with E-state index in [0.717, 1.165) is 11.3 Å².